The van der Waals surface area contributed by atoms with Gasteiger partial charge >= 0.3 is 0 Å². The van der Waals surface area contributed by atoms with Crippen molar-refractivity contribution in [3.63, 3.8) is 0 Å². The summed E-state index contributed by atoms with van der Waals surface area (Å²) in [5.74, 6) is 0.0390. The summed E-state index contributed by atoms with van der Waals surface area (Å²) in [6.45, 7) is 1.29. The van der Waals surface area contributed by atoms with Crippen LogP contribution in [0.1, 0.15) is 30.2 Å². The van der Waals surface area contributed by atoms with Crippen LogP contribution in [0.15, 0.2) is 47.0 Å². The summed E-state index contributed by atoms with van der Waals surface area (Å²) in [5.41, 5.74) is 1.31. The molecule has 7 heteroatoms. The van der Waals surface area contributed by atoms with Crippen LogP contribution in [0.25, 0.3) is 11.4 Å². The summed E-state index contributed by atoms with van der Waals surface area (Å²) in [4.78, 5) is 6.44. The maximum Gasteiger partial charge on any atom is 0.231 e. The third-order valence-corrected chi connectivity index (χ3v) is 4.76. The van der Waals surface area contributed by atoms with Gasteiger partial charge in [0.25, 0.3) is 0 Å². The number of halogens is 2. The van der Waals surface area contributed by atoms with E-state index < -0.39 is 5.82 Å². The van der Waals surface area contributed by atoms with Crippen LogP contribution in [0, 0.1) is 23.0 Å². The molecule has 1 unspecified atom stereocenters. The van der Waals surface area contributed by atoms with Gasteiger partial charge in [-0.1, -0.05) is 11.2 Å². The highest BCUT2D eigenvalue weighted by Crippen LogP contribution is 2.32. The van der Waals surface area contributed by atoms with Gasteiger partial charge in [-0.2, -0.15) is 10.2 Å². The molecule has 0 spiro atoms. The van der Waals surface area contributed by atoms with Gasteiger partial charge in [-0.05, 0) is 49.2 Å². The smallest absolute Gasteiger partial charge is 0.231 e. The molecule has 2 heterocycles. The predicted octanol–water partition coefficient (Wildman–Crippen LogP) is 4.27. The SMILES string of the molecule is N#Cc1c(F)cccc1N1CCCC(c2nc(-c3ccc(F)cc3)no2)C1. The second-order valence-corrected chi connectivity index (χ2v) is 6.49. The van der Waals surface area contributed by atoms with Crippen molar-refractivity contribution in [3.8, 4) is 17.5 Å². The molecule has 1 fully saturated rings. The highest BCUT2D eigenvalue weighted by Gasteiger charge is 2.28. The molecule has 1 aliphatic rings. The van der Waals surface area contributed by atoms with Crippen LogP contribution in [-0.2, 0) is 0 Å². The van der Waals surface area contributed by atoms with Gasteiger partial charge in [-0.15, -0.1) is 0 Å². The molecule has 0 amide bonds. The average Bonchev–Trinajstić information content (AvgIpc) is 3.19. The Balaban J connectivity index is 1.57. The number of piperidine rings is 1. The number of nitrogens with zero attached hydrogens (tertiary/aromatic N) is 4. The van der Waals surface area contributed by atoms with Gasteiger partial charge in [0, 0.05) is 18.7 Å². The Bertz CT molecular complexity index is 994. The van der Waals surface area contributed by atoms with Gasteiger partial charge in [-0.25, -0.2) is 8.78 Å². The average molecular weight is 366 g/mol. The summed E-state index contributed by atoms with van der Waals surface area (Å²) in [5, 5.41) is 13.3. The van der Waals surface area contributed by atoms with Crippen LogP contribution in [-0.4, -0.2) is 23.2 Å². The molecule has 3 aromatic rings. The Labute approximate surface area is 154 Å². The lowest BCUT2D eigenvalue weighted by molar-refractivity contribution is 0.333. The summed E-state index contributed by atoms with van der Waals surface area (Å²) in [6, 6.07) is 12.5. The lowest BCUT2D eigenvalue weighted by Gasteiger charge is -2.33. The maximum absolute atomic E-state index is 13.9. The minimum atomic E-state index is -0.520. The molecular weight excluding hydrogens is 350 g/mol. The topological polar surface area (TPSA) is 66.0 Å². The van der Waals surface area contributed by atoms with Crippen molar-refractivity contribution < 1.29 is 13.3 Å². The van der Waals surface area contributed by atoms with E-state index in [9.17, 15) is 14.0 Å². The molecule has 0 saturated carbocycles. The number of hydrogen-bond acceptors (Lipinski definition) is 5. The summed E-state index contributed by atoms with van der Waals surface area (Å²) < 4.78 is 32.4. The fourth-order valence-electron chi connectivity index (χ4n) is 3.40. The van der Waals surface area contributed by atoms with Gasteiger partial charge in [-0.3, -0.25) is 0 Å². The predicted molar refractivity (Wildman–Crippen MR) is 95.0 cm³/mol. The summed E-state index contributed by atoms with van der Waals surface area (Å²) in [6.07, 6.45) is 1.72. The molecule has 0 aliphatic carbocycles. The molecule has 0 radical (unpaired) electrons. The molecule has 1 saturated heterocycles. The number of hydrogen-bond donors (Lipinski definition) is 0. The molecule has 1 aliphatic heterocycles. The fourth-order valence-corrected chi connectivity index (χ4v) is 3.40. The van der Waals surface area contributed by atoms with E-state index in [0.717, 1.165) is 19.4 Å². The van der Waals surface area contributed by atoms with Crippen molar-refractivity contribution in [2.24, 2.45) is 0 Å². The maximum atomic E-state index is 13.9. The number of anilines is 1. The standard InChI is InChI=1S/C20H16F2N4O/c21-15-8-6-13(7-9-15)19-24-20(27-25-19)14-3-2-10-26(12-14)18-5-1-4-17(22)16(18)11-23/h1,4-9,14H,2-3,10,12H2. The molecule has 5 nitrogen and oxygen atoms in total. The van der Waals surface area contributed by atoms with Gasteiger partial charge in [0.05, 0.1) is 11.6 Å². The molecule has 1 atom stereocenters. The quantitative estimate of drug-likeness (QED) is 0.692. The van der Waals surface area contributed by atoms with E-state index in [1.54, 1.807) is 24.3 Å². The minimum absolute atomic E-state index is 0.0183. The Morgan fingerprint density at radius 2 is 1.96 bits per heavy atom. The monoisotopic (exact) mass is 366 g/mol. The zero-order valence-corrected chi connectivity index (χ0v) is 14.4. The molecule has 27 heavy (non-hydrogen) atoms. The Morgan fingerprint density at radius 3 is 2.74 bits per heavy atom. The van der Waals surface area contributed by atoms with Crippen LogP contribution >= 0.6 is 0 Å². The first-order chi connectivity index (χ1) is 13.2. The van der Waals surface area contributed by atoms with Crippen molar-refractivity contribution in [1.82, 2.24) is 10.1 Å². The van der Waals surface area contributed by atoms with E-state index >= 15 is 0 Å². The second kappa shape index (κ2) is 7.16. The van der Waals surface area contributed by atoms with E-state index in [2.05, 4.69) is 10.1 Å². The molecule has 136 valence electrons. The molecule has 2 aromatic carbocycles. The van der Waals surface area contributed by atoms with Gasteiger partial charge in [0.2, 0.25) is 11.7 Å². The molecule has 0 bridgehead atoms. The Morgan fingerprint density at radius 1 is 1.15 bits per heavy atom. The van der Waals surface area contributed by atoms with E-state index in [4.69, 9.17) is 4.52 Å². The van der Waals surface area contributed by atoms with Crippen LogP contribution in [0.4, 0.5) is 14.5 Å². The lowest BCUT2D eigenvalue weighted by atomic mass is 9.96. The third kappa shape index (κ3) is 3.38. The van der Waals surface area contributed by atoms with E-state index in [-0.39, 0.29) is 17.3 Å². The normalized spacial score (nSPS) is 16.9. The first kappa shape index (κ1) is 17.2. The third-order valence-electron chi connectivity index (χ3n) is 4.76. The van der Waals surface area contributed by atoms with Crippen molar-refractivity contribution in [1.29, 1.82) is 5.26 Å². The van der Waals surface area contributed by atoms with Crippen molar-refractivity contribution >= 4 is 5.69 Å². The zero-order valence-electron chi connectivity index (χ0n) is 14.4. The first-order valence-electron chi connectivity index (χ1n) is 8.69. The Hall–Kier alpha value is -3.27. The van der Waals surface area contributed by atoms with Crippen molar-refractivity contribution in [2.75, 3.05) is 18.0 Å². The molecule has 1 aromatic heterocycles. The number of benzene rings is 2. The molecule has 0 N–H and O–H groups in total. The van der Waals surface area contributed by atoms with E-state index in [1.807, 2.05) is 11.0 Å². The highest BCUT2D eigenvalue weighted by molar-refractivity contribution is 5.60. The summed E-state index contributed by atoms with van der Waals surface area (Å²) >= 11 is 0. The molecular formula is C20H16F2N4O. The minimum Gasteiger partial charge on any atom is -0.370 e. The second-order valence-electron chi connectivity index (χ2n) is 6.49. The van der Waals surface area contributed by atoms with E-state index in [0.29, 0.717) is 29.5 Å². The fraction of sp³-hybridized carbons (Fsp3) is 0.250. The van der Waals surface area contributed by atoms with Crippen molar-refractivity contribution in [3.05, 3.63) is 65.6 Å². The van der Waals surface area contributed by atoms with Crippen molar-refractivity contribution in [2.45, 2.75) is 18.8 Å². The van der Waals surface area contributed by atoms with Crippen LogP contribution in [0.5, 0.6) is 0 Å². The summed E-state index contributed by atoms with van der Waals surface area (Å²) in [7, 11) is 0. The van der Waals surface area contributed by atoms with Crippen LogP contribution in [0.3, 0.4) is 0 Å². The van der Waals surface area contributed by atoms with Gasteiger partial charge in [0.1, 0.15) is 23.3 Å². The number of aromatic nitrogens is 2. The Kier molecular flexibility index (Phi) is 4.55. The zero-order chi connectivity index (χ0) is 18.8. The van der Waals surface area contributed by atoms with Crippen LogP contribution in [0.2, 0.25) is 0 Å². The first-order valence-corrected chi connectivity index (χ1v) is 8.69. The molecule has 4 rings (SSSR count). The van der Waals surface area contributed by atoms with Gasteiger partial charge < -0.3 is 9.42 Å². The highest BCUT2D eigenvalue weighted by atomic mass is 19.1. The number of rotatable bonds is 3. The van der Waals surface area contributed by atoms with E-state index in [1.165, 1.54) is 18.2 Å². The van der Waals surface area contributed by atoms with Crippen LogP contribution < -0.4 is 4.90 Å². The number of nitriles is 1. The van der Waals surface area contributed by atoms with Gasteiger partial charge in [0.15, 0.2) is 0 Å². The lowest BCUT2D eigenvalue weighted by Crippen LogP contribution is -2.35. The largest absolute Gasteiger partial charge is 0.370 e.